The van der Waals surface area contributed by atoms with Crippen LogP contribution in [0, 0.1) is 18.6 Å². The zero-order valence-corrected chi connectivity index (χ0v) is 23.7. The molecule has 1 atom stereocenters. The van der Waals surface area contributed by atoms with Crippen LogP contribution in [0.2, 0.25) is 0 Å². The maximum absolute atomic E-state index is 15.1. The highest BCUT2D eigenvalue weighted by Crippen LogP contribution is 2.32. The first-order chi connectivity index (χ1) is 18.4. The number of likely N-dealkylation sites (N-methyl/N-ethyl adjacent to an activating group) is 1. The molecule has 1 aliphatic heterocycles. The van der Waals surface area contributed by atoms with Crippen molar-refractivity contribution < 1.29 is 8.78 Å². The maximum atomic E-state index is 15.1. The van der Waals surface area contributed by atoms with Gasteiger partial charge in [0.25, 0.3) is 0 Å². The van der Waals surface area contributed by atoms with Crippen molar-refractivity contribution in [2.75, 3.05) is 32.5 Å². The smallest absolute Gasteiger partial charge is 0.229 e. The number of aryl methyl sites for hydroxylation is 1. The van der Waals surface area contributed by atoms with Crippen LogP contribution in [0.25, 0.3) is 22.3 Å². The SMILES string of the molecule is Cc1nc2c(F)cc(-c3nc(Nc4ccc5c(n4)C[C@@H](C)N(CCN(C)C)C5)ncc3F)cc2n1C(C)(C)C. The Hall–Kier alpha value is -3.50. The number of rotatable bonds is 6. The van der Waals surface area contributed by atoms with Crippen LogP contribution >= 0.6 is 0 Å². The summed E-state index contributed by atoms with van der Waals surface area (Å²) in [5.41, 5.74) is 3.08. The van der Waals surface area contributed by atoms with Crippen molar-refractivity contribution in [2.45, 2.75) is 59.2 Å². The lowest BCUT2D eigenvalue weighted by Crippen LogP contribution is -2.42. The molecule has 206 valence electrons. The molecule has 0 radical (unpaired) electrons. The number of imidazole rings is 1. The van der Waals surface area contributed by atoms with Crippen LogP contribution in [0.5, 0.6) is 0 Å². The van der Waals surface area contributed by atoms with Crippen molar-refractivity contribution >= 4 is 22.8 Å². The molecule has 4 aromatic rings. The lowest BCUT2D eigenvalue weighted by molar-refractivity contribution is 0.166. The van der Waals surface area contributed by atoms with Crippen LogP contribution in [-0.4, -0.2) is 67.5 Å². The standard InChI is InChI=1S/C29H36F2N8/c1-17-12-23-19(16-38(17)11-10-37(6)7)8-9-25(34-23)35-28-32-15-22(31)26(36-28)20-13-21(30)27-24(14-20)39(18(2)33-27)29(3,4)5/h8-9,13-15,17H,10-12,16H2,1-7H3,(H,32,34,35,36)/t17-/m1/s1. The van der Waals surface area contributed by atoms with Crippen molar-refractivity contribution in [2.24, 2.45) is 0 Å². The fourth-order valence-corrected chi connectivity index (χ4v) is 5.31. The second kappa shape index (κ2) is 10.2. The van der Waals surface area contributed by atoms with Gasteiger partial charge >= 0.3 is 0 Å². The number of benzene rings is 1. The Morgan fingerprint density at radius 1 is 1.08 bits per heavy atom. The second-order valence-corrected chi connectivity index (χ2v) is 11.6. The van der Waals surface area contributed by atoms with Gasteiger partial charge in [-0.05, 0) is 72.5 Å². The molecule has 0 aliphatic carbocycles. The number of halogens is 2. The fraction of sp³-hybridized carbons (Fsp3) is 0.448. The number of anilines is 2. The van der Waals surface area contributed by atoms with Crippen molar-refractivity contribution in [1.82, 2.24) is 34.3 Å². The molecule has 0 saturated heterocycles. The van der Waals surface area contributed by atoms with Crippen molar-refractivity contribution in [3.05, 3.63) is 59.2 Å². The highest BCUT2D eigenvalue weighted by Gasteiger charge is 2.25. The van der Waals surface area contributed by atoms with Gasteiger partial charge in [-0.3, -0.25) is 4.90 Å². The largest absolute Gasteiger partial charge is 0.323 e. The Bertz CT molecular complexity index is 1520. The summed E-state index contributed by atoms with van der Waals surface area (Å²) in [4.78, 5) is 22.4. The van der Waals surface area contributed by atoms with E-state index in [-0.39, 0.29) is 22.7 Å². The van der Waals surface area contributed by atoms with Crippen molar-refractivity contribution in [3.8, 4) is 11.3 Å². The number of pyridine rings is 1. The second-order valence-electron chi connectivity index (χ2n) is 11.6. The van der Waals surface area contributed by atoms with Crippen molar-refractivity contribution in [1.29, 1.82) is 0 Å². The van der Waals surface area contributed by atoms with Gasteiger partial charge in [-0.1, -0.05) is 6.07 Å². The molecule has 1 aromatic carbocycles. The van der Waals surface area contributed by atoms with E-state index in [0.717, 1.165) is 37.9 Å². The third-order valence-corrected chi connectivity index (χ3v) is 7.20. The molecule has 0 amide bonds. The van der Waals surface area contributed by atoms with Crippen LogP contribution in [0.4, 0.5) is 20.5 Å². The Morgan fingerprint density at radius 2 is 1.85 bits per heavy atom. The molecular formula is C29H36F2N8. The molecule has 10 heteroatoms. The molecule has 0 bridgehead atoms. The molecule has 3 aromatic heterocycles. The first-order valence-corrected chi connectivity index (χ1v) is 13.3. The third kappa shape index (κ3) is 5.49. The predicted octanol–water partition coefficient (Wildman–Crippen LogP) is 5.28. The maximum Gasteiger partial charge on any atom is 0.229 e. The van der Waals surface area contributed by atoms with Crippen molar-refractivity contribution in [3.63, 3.8) is 0 Å². The van der Waals surface area contributed by atoms with Gasteiger partial charge in [-0.15, -0.1) is 0 Å². The Morgan fingerprint density at radius 3 is 2.56 bits per heavy atom. The average molecular weight is 535 g/mol. The van der Waals surface area contributed by atoms with E-state index in [0.29, 0.717) is 28.8 Å². The lowest BCUT2D eigenvalue weighted by atomic mass is 9.99. The van der Waals surface area contributed by atoms with Gasteiger partial charge in [0.2, 0.25) is 5.95 Å². The van der Waals surface area contributed by atoms with E-state index in [9.17, 15) is 4.39 Å². The zero-order valence-electron chi connectivity index (χ0n) is 23.7. The molecule has 1 aliphatic rings. The minimum Gasteiger partial charge on any atom is -0.323 e. The van der Waals surface area contributed by atoms with Gasteiger partial charge in [0.15, 0.2) is 11.6 Å². The molecule has 1 N–H and O–H groups in total. The minimum absolute atomic E-state index is 0.00993. The highest BCUT2D eigenvalue weighted by molar-refractivity contribution is 5.83. The van der Waals surface area contributed by atoms with Crippen LogP contribution in [-0.2, 0) is 18.5 Å². The number of fused-ring (bicyclic) bond motifs is 2. The summed E-state index contributed by atoms with van der Waals surface area (Å²) in [6.07, 6.45) is 1.94. The summed E-state index contributed by atoms with van der Waals surface area (Å²) in [5, 5.41) is 3.12. The minimum atomic E-state index is -0.636. The van der Waals surface area contributed by atoms with Gasteiger partial charge in [0.05, 0.1) is 11.7 Å². The Balaban J connectivity index is 1.43. The van der Waals surface area contributed by atoms with Gasteiger partial charge in [-0.2, -0.15) is 0 Å². The number of aromatic nitrogens is 5. The average Bonchev–Trinajstić information content (AvgIpc) is 3.20. The molecule has 0 spiro atoms. The van der Waals surface area contributed by atoms with E-state index in [1.54, 1.807) is 6.07 Å². The van der Waals surface area contributed by atoms with E-state index in [1.165, 1.54) is 11.6 Å². The van der Waals surface area contributed by atoms with E-state index in [2.05, 4.69) is 57.2 Å². The van der Waals surface area contributed by atoms with Crippen LogP contribution in [0.15, 0.2) is 30.5 Å². The molecule has 0 saturated carbocycles. The summed E-state index contributed by atoms with van der Waals surface area (Å²) in [7, 11) is 4.17. The first-order valence-electron chi connectivity index (χ1n) is 13.3. The molecular weight excluding hydrogens is 498 g/mol. The van der Waals surface area contributed by atoms with Gasteiger partial charge < -0.3 is 14.8 Å². The van der Waals surface area contributed by atoms with Gasteiger partial charge in [0, 0.05) is 48.9 Å². The summed E-state index contributed by atoms with van der Waals surface area (Å²) >= 11 is 0. The Labute approximate surface area is 228 Å². The number of hydrogen-bond donors (Lipinski definition) is 1. The normalized spacial score (nSPS) is 16.2. The van der Waals surface area contributed by atoms with E-state index < -0.39 is 11.6 Å². The van der Waals surface area contributed by atoms with E-state index in [4.69, 9.17) is 4.98 Å². The van der Waals surface area contributed by atoms with Gasteiger partial charge in [0.1, 0.15) is 22.9 Å². The van der Waals surface area contributed by atoms with Crippen LogP contribution in [0.1, 0.15) is 44.8 Å². The molecule has 0 fully saturated rings. The lowest BCUT2D eigenvalue weighted by Gasteiger charge is -2.35. The first kappa shape index (κ1) is 27.1. The Kier molecular flexibility index (Phi) is 7.11. The highest BCUT2D eigenvalue weighted by atomic mass is 19.1. The summed E-state index contributed by atoms with van der Waals surface area (Å²) < 4.78 is 32.0. The summed E-state index contributed by atoms with van der Waals surface area (Å²) in [6.45, 7) is 13.0. The topological polar surface area (TPSA) is 75.0 Å². The molecule has 0 unspecified atom stereocenters. The van der Waals surface area contributed by atoms with E-state index in [1.807, 2.05) is 38.3 Å². The van der Waals surface area contributed by atoms with Crippen LogP contribution < -0.4 is 5.32 Å². The van der Waals surface area contributed by atoms with E-state index >= 15 is 4.39 Å². The number of nitrogens with zero attached hydrogens (tertiary/aromatic N) is 7. The fourth-order valence-electron chi connectivity index (χ4n) is 5.31. The molecule has 8 nitrogen and oxygen atoms in total. The van der Waals surface area contributed by atoms with Gasteiger partial charge in [-0.25, -0.2) is 28.7 Å². The molecule has 5 rings (SSSR count). The predicted molar refractivity (Wildman–Crippen MR) is 150 cm³/mol. The zero-order chi connectivity index (χ0) is 28.1. The molecule has 4 heterocycles. The number of nitrogens with one attached hydrogen (secondary N) is 1. The number of hydrogen-bond acceptors (Lipinski definition) is 7. The summed E-state index contributed by atoms with van der Waals surface area (Å²) in [5.74, 6) is 0.307. The van der Waals surface area contributed by atoms with Crippen LogP contribution in [0.3, 0.4) is 0 Å². The summed E-state index contributed by atoms with van der Waals surface area (Å²) in [6, 6.07) is 7.35. The quantitative estimate of drug-likeness (QED) is 0.361. The third-order valence-electron chi connectivity index (χ3n) is 7.20. The monoisotopic (exact) mass is 534 g/mol. The molecule has 39 heavy (non-hydrogen) atoms.